The van der Waals surface area contributed by atoms with Crippen LogP contribution in [0.1, 0.15) is 6.42 Å². The smallest absolute Gasteiger partial charge is 0.326 e. The molecule has 5 nitrogen and oxygen atoms in total. The molecule has 1 atom stereocenters. The summed E-state index contributed by atoms with van der Waals surface area (Å²) >= 11 is 2.85. The molecule has 0 rings (SSSR count). The third-order valence-corrected chi connectivity index (χ3v) is 1.60. The number of amides is 1. The van der Waals surface area contributed by atoms with Gasteiger partial charge in [0.05, 0.1) is 5.33 Å². The first-order valence-corrected chi connectivity index (χ1v) is 4.25. The number of aldehydes is 1. The third-order valence-electron chi connectivity index (χ3n) is 1.09. The van der Waals surface area contributed by atoms with Crippen LogP contribution in [0.5, 0.6) is 0 Å². The molecule has 0 saturated carbocycles. The number of nitrogens with one attached hydrogen (secondary N) is 1. The van der Waals surface area contributed by atoms with Gasteiger partial charge >= 0.3 is 5.97 Å². The van der Waals surface area contributed by atoms with Crippen molar-refractivity contribution in [2.45, 2.75) is 12.5 Å². The molecule has 0 heterocycles. The van der Waals surface area contributed by atoms with Gasteiger partial charge in [-0.2, -0.15) is 0 Å². The maximum atomic E-state index is 10.7. The minimum Gasteiger partial charge on any atom is -0.480 e. The topological polar surface area (TPSA) is 83.5 Å². The maximum Gasteiger partial charge on any atom is 0.326 e. The van der Waals surface area contributed by atoms with Crippen LogP contribution >= 0.6 is 15.9 Å². The van der Waals surface area contributed by atoms with E-state index in [1.165, 1.54) is 0 Å². The number of hydrogen-bond donors (Lipinski definition) is 2. The van der Waals surface area contributed by atoms with Crippen LogP contribution in [-0.4, -0.2) is 34.6 Å². The number of carbonyl (C=O) groups excluding carboxylic acids is 2. The second-order valence-corrected chi connectivity index (χ2v) is 2.56. The Morgan fingerprint density at radius 2 is 2.17 bits per heavy atom. The van der Waals surface area contributed by atoms with Crippen molar-refractivity contribution in [3.8, 4) is 0 Å². The fourth-order valence-corrected chi connectivity index (χ4v) is 0.712. The van der Waals surface area contributed by atoms with Crippen molar-refractivity contribution in [1.82, 2.24) is 5.32 Å². The molecule has 0 aromatic rings. The summed E-state index contributed by atoms with van der Waals surface area (Å²) in [6.45, 7) is 0. The number of alkyl halides is 1. The second kappa shape index (κ2) is 5.70. The van der Waals surface area contributed by atoms with Crippen molar-refractivity contribution in [3.05, 3.63) is 0 Å². The highest BCUT2D eigenvalue weighted by atomic mass is 79.9. The van der Waals surface area contributed by atoms with E-state index >= 15 is 0 Å². The molecule has 2 N–H and O–H groups in total. The fourth-order valence-electron chi connectivity index (χ4n) is 0.551. The molecular formula is C6H8BrNO4. The monoisotopic (exact) mass is 237 g/mol. The summed E-state index contributed by atoms with van der Waals surface area (Å²) in [6, 6.07) is -1.12. The number of carboxylic acid groups (broad SMARTS) is 1. The third kappa shape index (κ3) is 4.07. The summed E-state index contributed by atoms with van der Waals surface area (Å²) in [7, 11) is 0. The molecule has 0 aromatic heterocycles. The summed E-state index contributed by atoms with van der Waals surface area (Å²) < 4.78 is 0. The molecular weight excluding hydrogens is 230 g/mol. The van der Waals surface area contributed by atoms with E-state index in [1.807, 2.05) is 0 Å². The molecule has 6 heteroatoms. The Morgan fingerprint density at radius 3 is 2.50 bits per heavy atom. The van der Waals surface area contributed by atoms with Crippen molar-refractivity contribution in [2.75, 3.05) is 5.33 Å². The lowest BCUT2D eigenvalue weighted by molar-refractivity contribution is -0.142. The highest BCUT2D eigenvalue weighted by Gasteiger charge is 2.18. The van der Waals surface area contributed by atoms with Gasteiger partial charge in [0.2, 0.25) is 5.91 Å². The molecule has 0 fully saturated rings. The SMILES string of the molecule is O=CCC(NC(=O)CBr)C(=O)O. The second-order valence-electron chi connectivity index (χ2n) is 1.99. The van der Waals surface area contributed by atoms with Crippen molar-refractivity contribution < 1.29 is 19.5 Å². The Balaban J connectivity index is 4.03. The first-order chi connectivity index (χ1) is 5.61. The zero-order valence-corrected chi connectivity index (χ0v) is 7.70. The minimum atomic E-state index is -1.21. The maximum absolute atomic E-state index is 10.7. The van der Waals surface area contributed by atoms with Gasteiger partial charge in [-0.3, -0.25) is 4.79 Å². The van der Waals surface area contributed by atoms with Gasteiger partial charge in [0.1, 0.15) is 12.3 Å². The average molecular weight is 238 g/mol. The predicted molar refractivity (Wildman–Crippen MR) is 44.0 cm³/mol. The molecule has 0 spiro atoms. The molecule has 0 bridgehead atoms. The zero-order valence-electron chi connectivity index (χ0n) is 6.12. The summed E-state index contributed by atoms with van der Waals surface area (Å²) in [4.78, 5) is 31.0. The molecule has 0 aliphatic heterocycles. The Morgan fingerprint density at radius 1 is 1.58 bits per heavy atom. The first kappa shape index (κ1) is 11.1. The van der Waals surface area contributed by atoms with Crippen LogP contribution in [0.2, 0.25) is 0 Å². The molecule has 0 aliphatic carbocycles. The van der Waals surface area contributed by atoms with Gasteiger partial charge < -0.3 is 15.2 Å². The lowest BCUT2D eigenvalue weighted by Gasteiger charge is -2.09. The largest absolute Gasteiger partial charge is 0.480 e. The van der Waals surface area contributed by atoms with E-state index in [0.717, 1.165) is 0 Å². The number of hydrogen-bond acceptors (Lipinski definition) is 3. The van der Waals surface area contributed by atoms with Crippen LogP contribution in [0.3, 0.4) is 0 Å². The zero-order chi connectivity index (χ0) is 9.56. The lowest BCUT2D eigenvalue weighted by atomic mass is 10.2. The first-order valence-electron chi connectivity index (χ1n) is 3.13. The van der Waals surface area contributed by atoms with Gasteiger partial charge in [0.25, 0.3) is 0 Å². The lowest BCUT2D eigenvalue weighted by Crippen LogP contribution is -2.41. The van der Waals surface area contributed by atoms with Gasteiger partial charge in [0, 0.05) is 6.42 Å². The molecule has 0 aliphatic rings. The van der Waals surface area contributed by atoms with Crippen LogP contribution in [0.4, 0.5) is 0 Å². The van der Waals surface area contributed by atoms with E-state index in [0.29, 0.717) is 6.29 Å². The predicted octanol–water partition coefficient (Wildman–Crippen LogP) is -0.460. The molecule has 0 saturated heterocycles. The highest BCUT2D eigenvalue weighted by Crippen LogP contribution is 1.90. The summed E-state index contributed by atoms with van der Waals surface area (Å²) in [5.74, 6) is -1.67. The number of aliphatic carboxylic acids is 1. The molecule has 12 heavy (non-hydrogen) atoms. The van der Waals surface area contributed by atoms with E-state index in [2.05, 4.69) is 21.2 Å². The molecule has 0 radical (unpaired) electrons. The van der Waals surface area contributed by atoms with Crippen molar-refractivity contribution in [2.24, 2.45) is 0 Å². The minimum absolute atomic E-state index is 0.0234. The van der Waals surface area contributed by atoms with E-state index in [9.17, 15) is 14.4 Å². The van der Waals surface area contributed by atoms with Gasteiger partial charge in [-0.25, -0.2) is 4.79 Å². The van der Waals surface area contributed by atoms with Crippen molar-refractivity contribution >= 4 is 34.1 Å². The summed E-state index contributed by atoms with van der Waals surface area (Å²) in [6.07, 6.45) is 0.237. The van der Waals surface area contributed by atoms with Crippen LogP contribution in [0.25, 0.3) is 0 Å². The molecule has 1 unspecified atom stereocenters. The van der Waals surface area contributed by atoms with Crippen LogP contribution in [0, 0.1) is 0 Å². The standard InChI is InChI=1S/C6H8BrNO4/c7-3-5(10)8-4(1-2-9)6(11)12/h2,4H,1,3H2,(H,8,10)(H,11,12). The normalized spacial score (nSPS) is 11.8. The molecule has 68 valence electrons. The van der Waals surface area contributed by atoms with E-state index in [4.69, 9.17) is 5.11 Å². The summed E-state index contributed by atoms with van der Waals surface area (Å²) in [5, 5.41) is 10.6. The van der Waals surface area contributed by atoms with Gasteiger partial charge in [-0.05, 0) is 0 Å². The summed E-state index contributed by atoms with van der Waals surface area (Å²) in [5.41, 5.74) is 0. The van der Waals surface area contributed by atoms with Crippen LogP contribution < -0.4 is 5.32 Å². The molecule has 1 amide bonds. The highest BCUT2D eigenvalue weighted by molar-refractivity contribution is 9.09. The van der Waals surface area contributed by atoms with Crippen molar-refractivity contribution in [3.63, 3.8) is 0 Å². The number of carbonyl (C=O) groups is 3. The van der Waals surface area contributed by atoms with Crippen LogP contribution in [-0.2, 0) is 14.4 Å². The fraction of sp³-hybridized carbons (Fsp3) is 0.500. The number of rotatable bonds is 5. The van der Waals surface area contributed by atoms with E-state index in [1.54, 1.807) is 0 Å². The average Bonchev–Trinajstić information content (AvgIpc) is 2.03. The Labute approximate surface area is 77.3 Å². The Kier molecular flexibility index (Phi) is 5.27. The quantitative estimate of drug-likeness (QED) is 0.501. The molecule has 0 aromatic carbocycles. The van der Waals surface area contributed by atoms with E-state index < -0.39 is 17.9 Å². The van der Waals surface area contributed by atoms with Gasteiger partial charge in [-0.15, -0.1) is 0 Å². The number of halogens is 1. The van der Waals surface area contributed by atoms with Crippen LogP contribution in [0.15, 0.2) is 0 Å². The Bertz CT molecular complexity index is 194. The number of carboxylic acids is 1. The van der Waals surface area contributed by atoms with Gasteiger partial charge in [0.15, 0.2) is 0 Å². The van der Waals surface area contributed by atoms with Crippen molar-refractivity contribution in [1.29, 1.82) is 0 Å². The Hall–Kier alpha value is -0.910. The van der Waals surface area contributed by atoms with E-state index in [-0.39, 0.29) is 11.8 Å². The van der Waals surface area contributed by atoms with Gasteiger partial charge in [-0.1, -0.05) is 15.9 Å².